The Morgan fingerprint density at radius 3 is 3.05 bits per heavy atom. The molecule has 5 heteroatoms. The Morgan fingerprint density at radius 2 is 2.42 bits per heavy atom. The maximum absolute atomic E-state index is 12.1. The SMILES string of the molecule is Cc1nc(CO[C@@H]2CCN(C(=O)[C@@H]3C[C@H]3C)C2)cs1. The first-order valence-corrected chi connectivity index (χ1v) is 7.83. The van der Waals surface area contributed by atoms with Gasteiger partial charge in [0.15, 0.2) is 0 Å². The molecular formula is C14H20N2O2S. The Hall–Kier alpha value is -0.940. The van der Waals surface area contributed by atoms with Gasteiger partial charge in [0.05, 0.1) is 23.4 Å². The molecule has 2 aliphatic rings. The molecule has 0 radical (unpaired) electrons. The van der Waals surface area contributed by atoms with Crippen LogP contribution in [-0.2, 0) is 16.1 Å². The van der Waals surface area contributed by atoms with Crippen LogP contribution < -0.4 is 0 Å². The van der Waals surface area contributed by atoms with Crippen LogP contribution in [0.5, 0.6) is 0 Å². The Labute approximate surface area is 117 Å². The fraction of sp³-hybridized carbons (Fsp3) is 0.714. The van der Waals surface area contributed by atoms with E-state index in [2.05, 4.69) is 11.9 Å². The maximum atomic E-state index is 12.1. The van der Waals surface area contributed by atoms with Gasteiger partial charge in [-0.2, -0.15) is 0 Å². The van der Waals surface area contributed by atoms with Crippen LogP contribution in [0.15, 0.2) is 5.38 Å². The number of aryl methyl sites for hydroxylation is 1. The van der Waals surface area contributed by atoms with E-state index in [1.165, 1.54) is 0 Å². The maximum Gasteiger partial charge on any atom is 0.226 e. The average molecular weight is 280 g/mol. The van der Waals surface area contributed by atoms with Gasteiger partial charge < -0.3 is 9.64 Å². The molecular weight excluding hydrogens is 260 g/mol. The fourth-order valence-electron chi connectivity index (χ4n) is 2.64. The largest absolute Gasteiger partial charge is 0.370 e. The monoisotopic (exact) mass is 280 g/mol. The minimum absolute atomic E-state index is 0.181. The Morgan fingerprint density at radius 1 is 1.63 bits per heavy atom. The van der Waals surface area contributed by atoms with Gasteiger partial charge in [-0.05, 0) is 25.7 Å². The summed E-state index contributed by atoms with van der Waals surface area (Å²) in [5.41, 5.74) is 1.00. The third-order valence-corrected chi connectivity index (χ3v) is 4.84. The predicted molar refractivity (Wildman–Crippen MR) is 73.9 cm³/mol. The molecule has 3 rings (SSSR count). The Bertz CT molecular complexity index is 474. The number of likely N-dealkylation sites (tertiary alicyclic amines) is 1. The van der Waals surface area contributed by atoms with Crippen LogP contribution in [0.3, 0.4) is 0 Å². The van der Waals surface area contributed by atoms with E-state index in [9.17, 15) is 4.79 Å². The molecule has 2 fully saturated rings. The predicted octanol–water partition coefficient (Wildman–Crippen LogP) is 2.23. The third kappa shape index (κ3) is 2.98. The van der Waals surface area contributed by atoms with Gasteiger partial charge in [0.25, 0.3) is 0 Å². The number of thiazole rings is 1. The van der Waals surface area contributed by atoms with Crippen molar-refractivity contribution in [1.82, 2.24) is 9.88 Å². The summed E-state index contributed by atoms with van der Waals surface area (Å²) < 4.78 is 5.86. The van der Waals surface area contributed by atoms with E-state index < -0.39 is 0 Å². The van der Waals surface area contributed by atoms with E-state index in [1.54, 1.807) is 11.3 Å². The Kier molecular flexibility index (Phi) is 3.58. The van der Waals surface area contributed by atoms with E-state index in [1.807, 2.05) is 17.2 Å². The second-order valence-electron chi connectivity index (χ2n) is 5.68. The minimum atomic E-state index is 0.181. The lowest BCUT2D eigenvalue weighted by atomic mass is 10.3. The van der Waals surface area contributed by atoms with Crippen molar-refractivity contribution in [2.24, 2.45) is 11.8 Å². The van der Waals surface area contributed by atoms with Crippen LogP contribution in [0.25, 0.3) is 0 Å². The van der Waals surface area contributed by atoms with Gasteiger partial charge in [-0.1, -0.05) is 6.92 Å². The summed E-state index contributed by atoms with van der Waals surface area (Å²) in [6, 6.07) is 0. The molecule has 1 aromatic heterocycles. The number of hydrogen-bond donors (Lipinski definition) is 0. The number of ether oxygens (including phenoxy) is 1. The highest BCUT2D eigenvalue weighted by Crippen LogP contribution is 2.39. The van der Waals surface area contributed by atoms with Crippen molar-refractivity contribution < 1.29 is 9.53 Å². The van der Waals surface area contributed by atoms with Crippen molar-refractivity contribution in [2.75, 3.05) is 13.1 Å². The van der Waals surface area contributed by atoms with Crippen molar-refractivity contribution in [3.05, 3.63) is 16.1 Å². The number of amides is 1. The molecule has 1 saturated carbocycles. The fourth-order valence-corrected chi connectivity index (χ4v) is 3.24. The van der Waals surface area contributed by atoms with Gasteiger partial charge in [0, 0.05) is 24.4 Å². The molecule has 1 saturated heterocycles. The molecule has 4 nitrogen and oxygen atoms in total. The highest BCUT2D eigenvalue weighted by atomic mass is 32.1. The quantitative estimate of drug-likeness (QED) is 0.849. The number of nitrogens with zero attached hydrogens (tertiary/aromatic N) is 2. The lowest BCUT2D eigenvalue weighted by Gasteiger charge is -2.16. The summed E-state index contributed by atoms with van der Waals surface area (Å²) in [6.07, 6.45) is 2.20. The lowest BCUT2D eigenvalue weighted by molar-refractivity contribution is -0.132. The first-order valence-electron chi connectivity index (χ1n) is 6.95. The molecule has 0 bridgehead atoms. The molecule has 2 heterocycles. The zero-order valence-electron chi connectivity index (χ0n) is 11.5. The van der Waals surface area contributed by atoms with Gasteiger partial charge in [0.2, 0.25) is 5.91 Å². The molecule has 0 aromatic carbocycles. The van der Waals surface area contributed by atoms with Crippen molar-refractivity contribution in [1.29, 1.82) is 0 Å². The third-order valence-electron chi connectivity index (χ3n) is 4.02. The zero-order chi connectivity index (χ0) is 13.4. The molecule has 1 aliphatic heterocycles. The average Bonchev–Trinajstić information content (AvgIpc) is 2.81. The normalized spacial score (nSPS) is 29.8. The van der Waals surface area contributed by atoms with E-state index >= 15 is 0 Å². The zero-order valence-corrected chi connectivity index (χ0v) is 12.3. The molecule has 1 aromatic rings. The smallest absolute Gasteiger partial charge is 0.226 e. The summed E-state index contributed by atoms with van der Waals surface area (Å²) >= 11 is 1.65. The second kappa shape index (κ2) is 5.21. The first kappa shape index (κ1) is 13.1. The van der Waals surface area contributed by atoms with Crippen molar-refractivity contribution in [2.45, 2.75) is 39.4 Å². The van der Waals surface area contributed by atoms with Crippen LogP contribution >= 0.6 is 11.3 Å². The van der Waals surface area contributed by atoms with E-state index in [4.69, 9.17) is 4.74 Å². The Balaban J connectivity index is 1.45. The van der Waals surface area contributed by atoms with Gasteiger partial charge in [-0.3, -0.25) is 4.79 Å². The standard InChI is InChI=1S/C14H20N2O2S/c1-9-5-13(9)14(17)16-4-3-12(6-16)18-7-11-8-19-10(2)15-11/h8-9,12-13H,3-7H2,1-2H3/t9-,12-,13-/m1/s1. The second-order valence-corrected chi connectivity index (χ2v) is 6.75. The summed E-state index contributed by atoms with van der Waals surface area (Å²) in [5.74, 6) is 1.22. The van der Waals surface area contributed by atoms with Gasteiger partial charge in [-0.25, -0.2) is 4.98 Å². The molecule has 0 N–H and O–H groups in total. The molecule has 104 valence electrons. The highest BCUT2D eigenvalue weighted by Gasteiger charge is 2.43. The molecule has 1 amide bonds. The number of carbonyl (C=O) groups is 1. The van der Waals surface area contributed by atoms with Crippen LogP contribution in [0.1, 0.15) is 30.5 Å². The molecule has 0 spiro atoms. The van der Waals surface area contributed by atoms with E-state index in [0.29, 0.717) is 24.3 Å². The summed E-state index contributed by atoms with van der Waals surface area (Å²) in [6.45, 7) is 6.32. The number of hydrogen-bond acceptors (Lipinski definition) is 4. The van der Waals surface area contributed by atoms with E-state index in [0.717, 1.165) is 36.6 Å². The van der Waals surface area contributed by atoms with Gasteiger partial charge in [0.1, 0.15) is 0 Å². The van der Waals surface area contributed by atoms with E-state index in [-0.39, 0.29) is 6.10 Å². The van der Waals surface area contributed by atoms with Crippen molar-refractivity contribution >= 4 is 17.2 Å². The van der Waals surface area contributed by atoms with Crippen LogP contribution in [0, 0.1) is 18.8 Å². The van der Waals surface area contributed by atoms with Crippen molar-refractivity contribution in [3.8, 4) is 0 Å². The van der Waals surface area contributed by atoms with Crippen LogP contribution in [-0.4, -0.2) is 35.0 Å². The van der Waals surface area contributed by atoms with Gasteiger partial charge in [-0.15, -0.1) is 11.3 Å². The molecule has 0 unspecified atom stereocenters. The van der Waals surface area contributed by atoms with Crippen molar-refractivity contribution in [3.63, 3.8) is 0 Å². The number of carbonyl (C=O) groups excluding carboxylic acids is 1. The van der Waals surface area contributed by atoms with Crippen LogP contribution in [0.4, 0.5) is 0 Å². The number of aromatic nitrogens is 1. The minimum Gasteiger partial charge on any atom is -0.370 e. The number of rotatable bonds is 4. The summed E-state index contributed by atoms with van der Waals surface area (Å²) in [5, 5.41) is 3.11. The molecule has 19 heavy (non-hydrogen) atoms. The summed E-state index contributed by atoms with van der Waals surface area (Å²) in [4.78, 5) is 18.5. The van der Waals surface area contributed by atoms with Gasteiger partial charge >= 0.3 is 0 Å². The molecule has 1 aliphatic carbocycles. The topological polar surface area (TPSA) is 42.4 Å². The lowest BCUT2D eigenvalue weighted by Crippen LogP contribution is -2.31. The molecule has 3 atom stereocenters. The van der Waals surface area contributed by atoms with Crippen LogP contribution in [0.2, 0.25) is 0 Å². The summed E-state index contributed by atoms with van der Waals surface area (Å²) in [7, 11) is 0. The first-order chi connectivity index (χ1) is 9.13. The highest BCUT2D eigenvalue weighted by molar-refractivity contribution is 7.09.